The first-order valence-corrected chi connectivity index (χ1v) is 8.39. The summed E-state index contributed by atoms with van der Waals surface area (Å²) in [5.41, 5.74) is 0. The summed E-state index contributed by atoms with van der Waals surface area (Å²) in [4.78, 5) is 3.90. The van der Waals surface area contributed by atoms with E-state index in [1.54, 1.807) is 0 Å². The van der Waals surface area contributed by atoms with E-state index in [1.165, 1.54) is 0 Å². The Bertz CT molecular complexity index is 283. The van der Waals surface area contributed by atoms with Gasteiger partial charge in [-0.1, -0.05) is 0 Å². The molecular formula is C4H18B6Cl4N8. The fourth-order valence-corrected chi connectivity index (χ4v) is 2.81. The van der Waals surface area contributed by atoms with Gasteiger partial charge in [-0.15, -0.1) is 0 Å². The summed E-state index contributed by atoms with van der Waals surface area (Å²) < 4.78 is 0. The Morgan fingerprint density at radius 2 is 0.727 bits per heavy atom. The second-order valence-corrected chi connectivity index (χ2v) is 6.93. The molecule has 2 fully saturated rings. The number of nitrogens with zero attached hydrogens (tertiary/aromatic N) is 2. The average molecular weight is 385 g/mol. The fourth-order valence-electron chi connectivity index (χ4n) is 1.70. The molecule has 0 aromatic rings. The second kappa shape index (κ2) is 10.3. The number of nitrogens with one attached hydrogen (secondary N) is 6. The van der Waals surface area contributed by atoms with E-state index in [0.717, 1.165) is 0 Å². The topological polar surface area (TPSA) is 78.7 Å². The lowest BCUT2D eigenvalue weighted by atomic mass is 9.73. The van der Waals surface area contributed by atoms with Crippen LogP contribution in [0.3, 0.4) is 0 Å². The van der Waals surface area contributed by atoms with Crippen molar-refractivity contribution in [2.45, 2.75) is 0 Å². The summed E-state index contributed by atoms with van der Waals surface area (Å²) in [5, 5.41) is 17.8. The Hall–Kier alpha value is 1.23. The highest BCUT2D eigenvalue weighted by Gasteiger charge is 2.35. The molecule has 0 aromatic carbocycles. The molecule has 22 heavy (non-hydrogen) atoms. The zero-order valence-electron chi connectivity index (χ0n) is 12.9. The van der Waals surface area contributed by atoms with E-state index in [9.17, 15) is 0 Å². The van der Waals surface area contributed by atoms with Gasteiger partial charge in [-0.3, -0.25) is 0 Å². The highest BCUT2D eigenvalue weighted by atomic mass is 35.5. The molecule has 0 unspecified atom stereocenters. The highest BCUT2D eigenvalue weighted by molar-refractivity contribution is 7.20. The molecule has 0 atom stereocenters. The summed E-state index contributed by atoms with van der Waals surface area (Å²) in [5.74, 6) is 0. The molecule has 0 amide bonds. The maximum Gasteiger partial charge on any atom is 0.395 e. The minimum Gasteiger partial charge on any atom is -0.343 e. The van der Waals surface area contributed by atoms with Gasteiger partial charge in [0.2, 0.25) is 0 Å². The molecule has 2 heterocycles. The van der Waals surface area contributed by atoms with E-state index in [0.29, 0.717) is 0 Å². The van der Waals surface area contributed by atoms with Crippen molar-refractivity contribution >= 4 is 85.7 Å². The van der Waals surface area contributed by atoms with Gasteiger partial charge in [0.25, 0.3) is 0 Å². The minimum absolute atomic E-state index is 0.0150. The van der Waals surface area contributed by atoms with Crippen molar-refractivity contribution < 1.29 is 0 Å². The van der Waals surface area contributed by atoms with Crippen LogP contribution in [0.5, 0.6) is 0 Å². The third-order valence-corrected chi connectivity index (χ3v) is 3.84. The molecule has 0 bridgehead atoms. The third kappa shape index (κ3) is 7.87. The predicted molar refractivity (Wildman–Crippen MR) is 104 cm³/mol. The molecule has 8 nitrogen and oxygen atoms in total. The second-order valence-electron chi connectivity index (χ2n) is 5.18. The molecule has 2 saturated heterocycles. The van der Waals surface area contributed by atoms with Gasteiger partial charge in [-0.2, -0.15) is 45.8 Å². The Labute approximate surface area is 154 Å². The Kier molecular flexibility index (Phi) is 9.93. The van der Waals surface area contributed by atoms with Crippen LogP contribution in [0.2, 0.25) is 0 Å². The van der Waals surface area contributed by atoms with Crippen molar-refractivity contribution in [2.75, 3.05) is 28.2 Å². The Morgan fingerprint density at radius 3 is 0.909 bits per heavy atom. The molecule has 0 aromatic heterocycles. The summed E-state index contributed by atoms with van der Waals surface area (Å²) in [7, 11) is 7.77. The van der Waals surface area contributed by atoms with Crippen molar-refractivity contribution in [1.82, 2.24) is 40.5 Å². The summed E-state index contributed by atoms with van der Waals surface area (Å²) in [6.07, 6.45) is -1.14. The zero-order valence-corrected chi connectivity index (χ0v) is 15.9. The van der Waals surface area contributed by atoms with Gasteiger partial charge in [0.1, 0.15) is 0 Å². The first-order valence-electron chi connectivity index (χ1n) is 6.64. The van der Waals surface area contributed by atoms with Gasteiger partial charge >= 0.3 is 39.8 Å². The van der Waals surface area contributed by atoms with Crippen LogP contribution >= 0.6 is 45.8 Å². The maximum absolute atomic E-state index is 5.78. The van der Waals surface area contributed by atoms with Gasteiger partial charge in [0, 0.05) is 0 Å². The van der Waals surface area contributed by atoms with Crippen LogP contribution in [0.15, 0.2) is 0 Å². The lowest BCUT2D eigenvalue weighted by molar-refractivity contribution is 0.621. The Morgan fingerprint density at radius 1 is 0.500 bits per heavy atom. The predicted octanol–water partition coefficient (Wildman–Crippen LogP) is -2.47. The van der Waals surface area contributed by atoms with Crippen molar-refractivity contribution in [2.24, 2.45) is 0 Å². The number of rotatable bonds is 2. The van der Waals surface area contributed by atoms with E-state index < -0.39 is 0 Å². The van der Waals surface area contributed by atoms with Gasteiger partial charge in [0.05, 0.1) is 0 Å². The monoisotopic (exact) mass is 384 g/mol. The molecule has 18 heteroatoms. The Balaban J connectivity index is 0.000000220. The smallest absolute Gasteiger partial charge is 0.343 e. The molecule has 2 aliphatic rings. The van der Waals surface area contributed by atoms with Crippen LogP contribution in [0.4, 0.5) is 0 Å². The minimum atomic E-state index is -0.286. The molecule has 0 radical (unpaired) electrons. The van der Waals surface area contributed by atoms with Crippen molar-refractivity contribution in [3.8, 4) is 0 Å². The average Bonchev–Trinajstić information content (AvgIpc) is 2.37. The number of halogens is 4. The molecule has 0 aliphatic carbocycles. The number of hydrogen-bond acceptors (Lipinski definition) is 8. The third-order valence-electron chi connectivity index (χ3n) is 2.83. The maximum atomic E-state index is 5.78. The van der Waals surface area contributed by atoms with Gasteiger partial charge in [-0.25, -0.2) is 0 Å². The van der Waals surface area contributed by atoms with Gasteiger partial charge in [-0.05, 0) is 28.2 Å². The van der Waals surface area contributed by atoms with Crippen LogP contribution in [-0.2, 0) is 0 Å². The normalized spacial score (nSPS) is 19.9. The first kappa shape index (κ1) is 21.3. The van der Waals surface area contributed by atoms with Crippen LogP contribution in [-0.4, -0.2) is 77.6 Å². The van der Waals surface area contributed by atoms with E-state index in [1.807, 2.05) is 37.8 Å². The van der Waals surface area contributed by atoms with Crippen LogP contribution in [0.1, 0.15) is 0 Å². The van der Waals surface area contributed by atoms with Crippen molar-refractivity contribution in [1.29, 1.82) is 0 Å². The van der Waals surface area contributed by atoms with Gasteiger partial charge in [0.15, 0.2) is 0 Å². The summed E-state index contributed by atoms with van der Waals surface area (Å²) >= 11 is 23.1. The fraction of sp³-hybridized carbons (Fsp3) is 1.00. The van der Waals surface area contributed by atoms with Crippen molar-refractivity contribution in [3.63, 3.8) is 0 Å². The van der Waals surface area contributed by atoms with Gasteiger partial charge < -0.3 is 40.5 Å². The lowest BCUT2D eigenvalue weighted by Gasteiger charge is -2.30. The molecule has 0 saturated carbocycles. The summed E-state index contributed by atoms with van der Waals surface area (Å²) in [6.45, 7) is 0. The molecular weight excluding hydrogens is 367 g/mol. The first-order chi connectivity index (χ1) is 10.2. The van der Waals surface area contributed by atoms with Crippen LogP contribution < -0.4 is 30.8 Å². The lowest BCUT2D eigenvalue weighted by Crippen LogP contribution is -2.75. The molecule has 120 valence electrons. The van der Waals surface area contributed by atoms with E-state index >= 15 is 0 Å². The van der Waals surface area contributed by atoms with E-state index in [-0.39, 0.29) is 39.8 Å². The quantitative estimate of drug-likeness (QED) is 0.292. The molecule has 2 rings (SSSR count). The van der Waals surface area contributed by atoms with Crippen LogP contribution in [0, 0.1) is 0 Å². The molecule has 2 aliphatic heterocycles. The SMILES string of the molecule is CN(C)B1NB(Cl)NB(Cl)N1.CN(C)B1NB(Cl)NB(Cl)N1. The highest BCUT2D eigenvalue weighted by Crippen LogP contribution is 1.95. The van der Waals surface area contributed by atoms with E-state index in [4.69, 9.17) is 45.8 Å². The van der Waals surface area contributed by atoms with E-state index in [2.05, 4.69) is 30.8 Å². The largest absolute Gasteiger partial charge is 0.395 e. The summed E-state index contributed by atoms with van der Waals surface area (Å²) in [6, 6.07) is 0. The zero-order chi connectivity index (χ0) is 16.9. The van der Waals surface area contributed by atoms with Crippen molar-refractivity contribution in [3.05, 3.63) is 0 Å². The number of hydrogen-bond donors (Lipinski definition) is 6. The van der Waals surface area contributed by atoms with Crippen LogP contribution in [0.25, 0.3) is 0 Å². The standard InChI is InChI=1S/2C2H9B3Cl2N4/c2*1-11(2)5-9-3(6)8-4(7)10-5/h2*8-10H,1-2H3. The molecule has 0 spiro atoms. The molecule has 6 N–H and O–H groups in total.